The molecule has 10 nitrogen and oxygen atoms in total. The fourth-order valence-electron chi connectivity index (χ4n) is 2.00. The highest BCUT2D eigenvalue weighted by Gasteiger charge is 2.25. The molecule has 1 aromatic heterocycles. The van der Waals surface area contributed by atoms with Crippen molar-refractivity contribution in [1.82, 2.24) is 14.7 Å². The number of rotatable bonds is 5. The SMILES string of the molecule is COC(=O)c1ccc(I)cc1S(=O)(=O)NC(=O)Nc1nc(C)cc(OC)n1. The Morgan fingerprint density at radius 1 is 1.15 bits per heavy atom. The molecule has 0 unspecified atom stereocenters. The van der Waals surface area contributed by atoms with Crippen LogP contribution in [-0.4, -0.2) is 44.6 Å². The van der Waals surface area contributed by atoms with Crippen molar-refractivity contribution in [2.45, 2.75) is 11.8 Å². The normalized spacial score (nSPS) is 10.8. The van der Waals surface area contributed by atoms with Gasteiger partial charge in [0.05, 0.1) is 19.8 Å². The zero-order chi connectivity index (χ0) is 20.2. The number of amides is 2. The number of nitrogens with one attached hydrogen (secondary N) is 2. The first-order valence-corrected chi connectivity index (χ1v) is 9.84. The lowest BCUT2D eigenvalue weighted by Gasteiger charge is -2.11. The number of carbonyl (C=O) groups is 2. The van der Waals surface area contributed by atoms with Gasteiger partial charge in [0.25, 0.3) is 10.0 Å². The summed E-state index contributed by atoms with van der Waals surface area (Å²) < 4.78 is 37.0. The van der Waals surface area contributed by atoms with E-state index < -0.39 is 22.0 Å². The van der Waals surface area contributed by atoms with E-state index in [1.54, 1.807) is 13.0 Å². The third kappa shape index (κ3) is 5.26. The second kappa shape index (κ2) is 8.47. The minimum absolute atomic E-state index is 0.143. The molecule has 1 aromatic carbocycles. The Morgan fingerprint density at radius 2 is 1.85 bits per heavy atom. The standard InChI is InChI=1S/C15H15IN4O6S/c1-8-6-12(25-2)18-14(17-8)19-15(22)20-27(23,24)11-7-9(16)4-5-10(11)13(21)26-3/h4-7H,1-3H3,(H2,17,18,19,20,22). The van der Waals surface area contributed by atoms with E-state index in [1.165, 1.54) is 25.3 Å². The van der Waals surface area contributed by atoms with Gasteiger partial charge in [-0.1, -0.05) is 0 Å². The van der Waals surface area contributed by atoms with Crippen molar-refractivity contribution in [3.63, 3.8) is 0 Å². The van der Waals surface area contributed by atoms with Crippen LogP contribution in [0.3, 0.4) is 0 Å². The smallest absolute Gasteiger partial charge is 0.339 e. The minimum atomic E-state index is -4.37. The number of halogens is 1. The van der Waals surface area contributed by atoms with Crippen LogP contribution in [0.2, 0.25) is 0 Å². The van der Waals surface area contributed by atoms with Gasteiger partial charge in [0.2, 0.25) is 11.8 Å². The molecule has 2 amide bonds. The maximum Gasteiger partial charge on any atom is 0.339 e. The summed E-state index contributed by atoms with van der Waals surface area (Å²) in [6, 6.07) is 4.52. The van der Waals surface area contributed by atoms with Crippen molar-refractivity contribution in [2.75, 3.05) is 19.5 Å². The van der Waals surface area contributed by atoms with Crippen LogP contribution in [0.4, 0.5) is 10.7 Å². The Balaban J connectivity index is 2.29. The Labute approximate surface area is 168 Å². The summed E-state index contributed by atoms with van der Waals surface area (Å²) >= 11 is 1.88. The maximum absolute atomic E-state index is 12.6. The number of esters is 1. The van der Waals surface area contributed by atoms with Crippen molar-refractivity contribution in [2.24, 2.45) is 0 Å². The molecule has 12 heteroatoms. The van der Waals surface area contributed by atoms with Crippen LogP contribution in [0.25, 0.3) is 0 Å². The summed E-state index contributed by atoms with van der Waals surface area (Å²) in [5.74, 6) is -0.791. The first-order valence-electron chi connectivity index (χ1n) is 7.27. The lowest BCUT2D eigenvalue weighted by Crippen LogP contribution is -2.35. The predicted molar refractivity (Wildman–Crippen MR) is 103 cm³/mol. The van der Waals surface area contributed by atoms with Crippen LogP contribution in [0, 0.1) is 10.5 Å². The maximum atomic E-state index is 12.6. The molecular formula is C15H15IN4O6S. The van der Waals surface area contributed by atoms with Gasteiger partial charge < -0.3 is 9.47 Å². The van der Waals surface area contributed by atoms with Gasteiger partial charge in [-0.3, -0.25) is 5.32 Å². The van der Waals surface area contributed by atoms with Gasteiger partial charge in [0, 0.05) is 15.3 Å². The van der Waals surface area contributed by atoms with E-state index in [0.29, 0.717) is 9.26 Å². The minimum Gasteiger partial charge on any atom is -0.481 e. The highest BCUT2D eigenvalue weighted by atomic mass is 127. The average Bonchev–Trinajstić information content (AvgIpc) is 2.59. The van der Waals surface area contributed by atoms with Crippen LogP contribution in [-0.2, 0) is 14.8 Å². The number of anilines is 1. The van der Waals surface area contributed by atoms with Crippen molar-refractivity contribution in [3.8, 4) is 5.88 Å². The molecule has 0 spiro atoms. The molecule has 0 saturated carbocycles. The molecule has 0 fully saturated rings. The molecule has 0 aliphatic rings. The van der Waals surface area contributed by atoms with Crippen LogP contribution in [0.5, 0.6) is 5.88 Å². The number of methoxy groups -OCH3 is 2. The summed E-state index contributed by atoms with van der Waals surface area (Å²) in [5, 5.41) is 2.21. The molecule has 0 atom stereocenters. The van der Waals surface area contributed by atoms with Crippen LogP contribution in [0.15, 0.2) is 29.2 Å². The van der Waals surface area contributed by atoms with Crippen LogP contribution < -0.4 is 14.8 Å². The van der Waals surface area contributed by atoms with Crippen LogP contribution in [0.1, 0.15) is 16.1 Å². The quantitative estimate of drug-likeness (QED) is 0.462. The fraction of sp³-hybridized carbons (Fsp3) is 0.200. The summed E-state index contributed by atoms with van der Waals surface area (Å²) in [4.78, 5) is 31.4. The lowest BCUT2D eigenvalue weighted by atomic mass is 10.2. The number of aryl methyl sites for hydroxylation is 1. The zero-order valence-corrected chi connectivity index (χ0v) is 17.4. The number of carbonyl (C=O) groups excluding carboxylic acids is 2. The lowest BCUT2D eigenvalue weighted by molar-refractivity contribution is 0.0596. The molecule has 2 rings (SSSR count). The Hall–Kier alpha value is -2.48. The molecule has 1 heterocycles. The van der Waals surface area contributed by atoms with E-state index in [9.17, 15) is 18.0 Å². The van der Waals surface area contributed by atoms with E-state index in [0.717, 1.165) is 7.11 Å². The largest absolute Gasteiger partial charge is 0.481 e. The Morgan fingerprint density at radius 3 is 2.48 bits per heavy atom. The van der Waals surface area contributed by atoms with E-state index in [1.807, 2.05) is 27.3 Å². The van der Waals surface area contributed by atoms with Gasteiger partial charge in [0.15, 0.2) is 0 Å². The summed E-state index contributed by atoms with van der Waals surface area (Å²) in [6.45, 7) is 1.65. The van der Waals surface area contributed by atoms with Crippen molar-refractivity contribution in [3.05, 3.63) is 39.1 Å². The summed E-state index contributed by atoms with van der Waals surface area (Å²) in [7, 11) is -1.85. The first kappa shape index (κ1) is 20.8. The van der Waals surface area contributed by atoms with Gasteiger partial charge >= 0.3 is 12.0 Å². The number of ether oxygens (including phenoxy) is 2. The number of hydrogen-bond acceptors (Lipinski definition) is 8. The number of sulfonamides is 1. The number of hydrogen-bond donors (Lipinski definition) is 2. The number of benzene rings is 1. The molecule has 0 bridgehead atoms. The zero-order valence-electron chi connectivity index (χ0n) is 14.4. The van der Waals surface area contributed by atoms with Crippen molar-refractivity contribution in [1.29, 1.82) is 0 Å². The first-order chi connectivity index (χ1) is 12.7. The molecule has 2 N–H and O–H groups in total. The highest BCUT2D eigenvalue weighted by molar-refractivity contribution is 14.1. The average molecular weight is 506 g/mol. The molecular weight excluding hydrogens is 491 g/mol. The third-order valence-electron chi connectivity index (χ3n) is 3.13. The van der Waals surface area contributed by atoms with Gasteiger partial charge in [-0.05, 0) is 47.7 Å². The van der Waals surface area contributed by atoms with E-state index in [-0.39, 0.29) is 22.3 Å². The third-order valence-corrected chi connectivity index (χ3v) is 5.17. The molecule has 0 aliphatic carbocycles. The second-order valence-electron chi connectivity index (χ2n) is 5.07. The van der Waals surface area contributed by atoms with E-state index in [2.05, 4.69) is 20.0 Å². The predicted octanol–water partition coefficient (Wildman–Crippen LogP) is 1.70. The van der Waals surface area contributed by atoms with Crippen molar-refractivity contribution < 1.29 is 27.5 Å². The monoisotopic (exact) mass is 506 g/mol. The molecule has 0 radical (unpaired) electrons. The summed E-state index contributed by atoms with van der Waals surface area (Å²) in [6.07, 6.45) is 0. The van der Waals surface area contributed by atoms with E-state index in [4.69, 9.17) is 4.74 Å². The van der Waals surface area contributed by atoms with Crippen LogP contribution >= 0.6 is 22.6 Å². The molecule has 144 valence electrons. The number of nitrogens with zero attached hydrogens (tertiary/aromatic N) is 2. The second-order valence-corrected chi connectivity index (χ2v) is 7.96. The molecule has 0 saturated heterocycles. The topological polar surface area (TPSA) is 137 Å². The van der Waals surface area contributed by atoms with Gasteiger partial charge in [-0.2, -0.15) is 4.98 Å². The molecule has 0 aliphatic heterocycles. The molecule has 2 aromatic rings. The molecule has 27 heavy (non-hydrogen) atoms. The summed E-state index contributed by atoms with van der Waals surface area (Å²) in [5.41, 5.74) is 0.303. The fourth-order valence-corrected chi connectivity index (χ4v) is 3.83. The highest BCUT2D eigenvalue weighted by Crippen LogP contribution is 2.20. The number of aromatic nitrogens is 2. The Bertz CT molecular complexity index is 996. The van der Waals surface area contributed by atoms with Crippen molar-refractivity contribution >= 4 is 50.6 Å². The van der Waals surface area contributed by atoms with Gasteiger partial charge in [-0.15, -0.1) is 0 Å². The van der Waals surface area contributed by atoms with E-state index >= 15 is 0 Å². The Kier molecular flexibility index (Phi) is 6.54. The van der Waals surface area contributed by atoms with Gasteiger partial charge in [0.1, 0.15) is 4.90 Å². The van der Waals surface area contributed by atoms with Gasteiger partial charge in [-0.25, -0.2) is 27.7 Å². The number of urea groups is 1.